The van der Waals surface area contributed by atoms with Crippen molar-refractivity contribution in [2.75, 3.05) is 13.1 Å². The SMILES string of the molecule is CCN(C=O)C(=S)N(C=O)CC. The van der Waals surface area contributed by atoms with E-state index in [1.165, 1.54) is 9.80 Å². The largest absolute Gasteiger partial charge is 0.292 e. The maximum Gasteiger partial charge on any atom is 0.215 e. The summed E-state index contributed by atoms with van der Waals surface area (Å²) >= 11 is 4.88. The minimum atomic E-state index is 0.255. The van der Waals surface area contributed by atoms with Gasteiger partial charge in [-0.25, -0.2) is 0 Å². The maximum absolute atomic E-state index is 10.4. The molecule has 68 valence electrons. The number of amides is 2. The van der Waals surface area contributed by atoms with E-state index in [0.29, 0.717) is 25.9 Å². The molecule has 0 aliphatic heterocycles. The molecule has 0 unspecified atom stereocenters. The highest BCUT2D eigenvalue weighted by Gasteiger charge is 2.11. The lowest BCUT2D eigenvalue weighted by Crippen LogP contribution is -2.41. The van der Waals surface area contributed by atoms with Crippen LogP contribution in [0.4, 0.5) is 0 Å². The van der Waals surface area contributed by atoms with E-state index in [0.717, 1.165) is 0 Å². The molecule has 0 aromatic rings. The van der Waals surface area contributed by atoms with Crippen molar-refractivity contribution in [3.05, 3.63) is 0 Å². The van der Waals surface area contributed by atoms with Gasteiger partial charge in [0.05, 0.1) is 0 Å². The molecule has 0 spiro atoms. The second kappa shape index (κ2) is 5.65. The predicted molar refractivity (Wildman–Crippen MR) is 49.5 cm³/mol. The van der Waals surface area contributed by atoms with Crippen LogP contribution in [0.25, 0.3) is 0 Å². The Bertz CT molecular complexity index is 166. The van der Waals surface area contributed by atoms with Crippen LogP contribution in [0.1, 0.15) is 13.8 Å². The summed E-state index contributed by atoms with van der Waals surface area (Å²) in [6.07, 6.45) is 1.24. The van der Waals surface area contributed by atoms with Crippen LogP contribution in [-0.4, -0.2) is 40.8 Å². The van der Waals surface area contributed by atoms with Crippen LogP contribution in [0.3, 0.4) is 0 Å². The molecule has 0 fully saturated rings. The van der Waals surface area contributed by atoms with E-state index in [4.69, 9.17) is 12.2 Å². The molecule has 0 atom stereocenters. The van der Waals surface area contributed by atoms with Crippen LogP contribution in [0.5, 0.6) is 0 Å². The fourth-order valence-corrected chi connectivity index (χ4v) is 1.02. The number of hydrogen-bond donors (Lipinski definition) is 0. The van der Waals surface area contributed by atoms with E-state index in [1.807, 2.05) is 0 Å². The zero-order valence-corrected chi connectivity index (χ0v) is 8.00. The Morgan fingerprint density at radius 2 is 1.50 bits per heavy atom. The Labute approximate surface area is 77.1 Å². The predicted octanol–water partition coefficient (Wildman–Crippen LogP) is 0.228. The fourth-order valence-electron chi connectivity index (χ4n) is 0.675. The third kappa shape index (κ3) is 2.58. The van der Waals surface area contributed by atoms with E-state index in [1.54, 1.807) is 13.8 Å². The third-order valence-electron chi connectivity index (χ3n) is 1.43. The molecule has 0 radical (unpaired) electrons. The second-order valence-electron chi connectivity index (χ2n) is 2.07. The van der Waals surface area contributed by atoms with Gasteiger partial charge in [-0.3, -0.25) is 19.4 Å². The fraction of sp³-hybridized carbons (Fsp3) is 0.571. The number of nitrogens with zero attached hydrogens (tertiary/aromatic N) is 2. The lowest BCUT2D eigenvalue weighted by molar-refractivity contribution is -0.116. The third-order valence-corrected chi connectivity index (χ3v) is 1.90. The lowest BCUT2D eigenvalue weighted by Gasteiger charge is -2.22. The summed E-state index contributed by atoms with van der Waals surface area (Å²) in [6.45, 7) is 4.54. The Hall–Kier alpha value is -0.970. The summed E-state index contributed by atoms with van der Waals surface area (Å²) < 4.78 is 0. The van der Waals surface area contributed by atoms with Crippen LogP contribution >= 0.6 is 12.2 Å². The highest BCUT2D eigenvalue weighted by atomic mass is 32.1. The highest BCUT2D eigenvalue weighted by Crippen LogP contribution is 1.93. The van der Waals surface area contributed by atoms with Crippen LogP contribution in [-0.2, 0) is 9.59 Å². The van der Waals surface area contributed by atoms with Crippen molar-refractivity contribution in [1.29, 1.82) is 0 Å². The van der Waals surface area contributed by atoms with Gasteiger partial charge < -0.3 is 0 Å². The number of rotatable bonds is 4. The number of carbonyl (C=O) groups excluding carboxylic acids is 2. The van der Waals surface area contributed by atoms with Crippen LogP contribution in [0, 0.1) is 0 Å². The summed E-state index contributed by atoms with van der Waals surface area (Å²) in [5.74, 6) is 0. The van der Waals surface area contributed by atoms with E-state index in [9.17, 15) is 9.59 Å². The van der Waals surface area contributed by atoms with Crippen molar-refractivity contribution >= 4 is 30.2 Å². The molecule has 0 aromatic heterocycles. The summed E-state index contributed by atoms with van der Waals surface area (Å²) in [4.78, 5) is 23.4. The smallest absolute Gasteiger partial charge is 0.215 e. The Kier molecular flexibility index (Phi) is 5.19. The molecule has 12 heavy (non-hydrogen) atoms. The van der Waals surface area contributed by atoms with Gasteiger partial charge >= 0.3 is 0 Å². The molecule has 4 nitrogen and oxygen atoms in total. The van der Waals surface area contributed by atoms with Crippen molar-refractivity contribution < 1.29 is 9.59 Å². The first-order valence-electron chi connectivity index (χ1n) is 3.69. The quantitative estimate of drug-likeness (QED) is 0.468. The molecule has 0 heterocycles. The standard InChI is InChI=1S/C7H12N2O2S/c1-3-8(5-10)7(12)9(4-2)6-11/h5-6H,3-4H2,1-2H3. The zero-order valence-electron chi connectivity index (χ0n) is 7.19. The first-order chi connectivity index (χ1) is 5.71. The van der Waals surface area contributed by atoms with Gasteiger partial charge in [-0.1, -0.05) is 0 Å². The zero-order chi connectivity index (χ0) is 9.56. The van der Waals surface area contributed by atoms with Gasteiger partial charge in [-0.2, -0.15) is 0 Å². The van der Waals surface area contributed by atoms with Crippen molar-refractivity contribution in [2.45, 2.75) is 13.8 Å². The summed E-state index contributed by atoms with van der Waals surface area (Å²) in [5.41, 5.74) is 0. The molecule has 0 aliphatic carbocycles. The Balaban J connectivity index is 4.31. The molecule has 0 N–H and O–H groups in total. The van der Waals surface area contributed by atoms with E-state index >= 15 is 0 Å². The normalized spacial score (nSPS) is 8.83. The topological polar surface area (TPSA) is 40.6 Å². The van der Waals surface area contributed by atoms with Crippen molar-refractivity contribution in [1.82, 2.24) is 9.80 Å². The molecule has 0 saturated heterocycles. The maximum atomic E-state index is 10.4. The molecule has 0 rings (SSSR count). The summed E-state index contributed by atoms with van der Waals surface area (Å²) in [5, 5.41) is 0.255. The molecule has 2 amide bonds. The minimum absolute atomic E-state index is 0.255. The highest BCUT2D eigenvalue weighted by molar-refractivity contribution is 7.80. The van der Waals surface area contributed by atoms with Gasteiger partial charge in [0.2, 0.25) is 12.8 Å². The minimum Gasteiger partial charge on any atom is -0.292 e. The average Bonchev–Trinajstić information content (AvgIpc) is 2.09. The summed E-state index contributed by atoms with van der Waals surface area (Å²) in [7, 11) is 0. The molecule has 5 heteroatoms. The van der Waals surface area contributed by atoms with Gasteiger partial charge in [0, 0.05) is 13.1 Å². The van der Waals surface area contributed by atoms with Crippen LogP contribution in [0.2, 0.25) is 0 Å². The summed E-state index contributed by atoms with van der Waals surface area (Å²) in [6, 6.07) is 0. The Morgan fingerprint density at radius 3 is 1.67 bits per heavy atom. The van der Waals surface area contributed by atoms with Crippen molar-refractivity contribution in [3.8, 4) is 0 Å². The van der Waals surface area contributed by atoms with Crippen LogP contribution < -0.4 is 0 Å². The molecule has 0 saturated carbocycles. The first-order valence-corrected chi connectivity index (χ1v) is 4.09. The monoisotopic (exact) mass is 188 g/mol. The van der Waals surface area contributed by atoms with Crippen molar-refractivity contribution in [3.63, 3.8) is 0 Å². The molecule has 0 bridgehead atoms. The molecular formula is C7H12N2O2S. The number of hydrogen-bond acceptors (Lipinski definition) is 3. The van der Waals surface area contributed by atoms with E-state index in [-0.39, 0.29) is 5.11 Å². The molecule has 0 aromatic carbocycles. The molecule has 0 aliphatic rings. The second-order valence-corrected chi connectivity index (χ2v) is 2.43. The van der Waals surface area contributed by atoms with Crippen molar-refractivity contribution in [2.24, 2.45) is 0 Å². The van der Waals surface area contributed by atoms with Gasteiger partial charge in [-0.05, 0) is 26.1 Å². The first kappa shape index (κ1) is 11.0. The average molecular weight is 188 g/mol. The van der Waals surface area contributed by atoms with Gasteiger partial charge in [-0.15, -0.1) is 0 Å². The molecular weight excluding hydrogens is 176 g/mol. The lowest BCUT2D eigenvalue weighted by atomic mass is 10.6. The van der Waals surface area contributed by atoms with Gasteiger partial charge in [0.1, 0.15) is 0 Å². The van der Waals surface area contributed by atoms with Crippen LogP contribution in [0.15, 0.2) is 0 Å². The van der Waals surface area contributed by atoms with E-state index in [2.05, 4.69) is 0 Å². The Morgan fingerprint density at radius 1 is 1.17 bits per heavy atom. The van der Waals surface area contributed by atoms with Gasteiger partial charge in [0.15, 0.2) is 5.11 Å². The van der Waals surface area contributed by atoms with Gasteiger partial charge in [0.25, 0.3) is 0 Å². The number of carbonyl (C=O) groups is 2. The van der Waals surface area contributed by atoms with E-state index < -0.39 is 0 Å². The number of thiocarbonyl (C=S) groups is 1.